The Morgan fingerprint density at radius 3 is 2.81 bits per heavy atom. The van der Waals surface area contributed by atoms with Gasteiger partial charge in [-0.3, -0.25) is 10.1 Å². The van der Waals surface area contributed by atoms with Crippen LogP contribution in [0.15, 0.2) is 12.3 Å². The second-order valence-electron chi connectivity index (χ2n) is 3.35. The van der Waals surface area contributed by atoms with E-state index in [9.17, 15) is 10.1 Å². The van der Waals surface area contributed by atoms with Crippen LogP contribution in [0.1, 0.15) is 0 Å². The van der Waals surface area contributed by atoms with Gasteiger partial charge in [-0.05, 0) is 0 Å². The highest BCUT2D eigenvalue weighted by atomic mass is 35.5. The Hall–Kier alpha value is -1.40. The summed E-state index contributed by atoms with van der Waals surface area (Å²) in [4.78, 5) is 16.0. The van der Waals surface area contributed by atoms with Crippen molar-refractivity contribution in [1.29, 1.82) is 0 Å². The molecule has 16 heavy (non-hydrogen) atoms. The summed E-state index contributed by atoms with van der Waals surface area (Å²) in [6, 6.07) is 1.52. The molecule has 86 valence electrons. The standard InChI is InChI=1S/C9H10ClN3O3/c10-9-5-7(8(6-11-9)13(14)15)12-1-3-16-4-2-12/h5-6H,1-4H2. The van der Waals surface area contributed by atoms with E-state index in [4.69, 9.17) is 16.3 Å². The molecule has 0 atom stereocenters. The molecule has 0 unspecified atom stereocenters. The molecule has 1 aromatic rings. The highest BCUT2D eigenvalue weighted by molar-refractivity contribution is 6.29. The molecule has 1 aromatic heterocycles. The van der Waals surface area contributed by atoms with Crippen molar-refractivity contribution in [1.82, 2.24) is 4.98 Å². The fourth-order valence-corrected chi connectivity index (χ4v) is 1.76. The topological polar surface area (TPSA) is 68.5 Å². The van der Waals surface area contributed by atoms with E-state index in [0.29, 0.717) is 32.0 Å². The number of halogens is 1. The lowest BCUT2D eigenvalue weighted by Gasteiger charge is -2.28. The van der Waals surface area contributed by atoms with Crippen molar-refractivity contribution < 1.29 is 9.66 Å². The van der Waals surface area contributed by atoms with E-state index in [1.807, 2.05) is 4.90 Å². The molecule has 1 aliphatic rings. The Morgan fingerprint density at radius 2 is 2.19 bits per heavy atom. The first-order chi connectivity index (χ1) is 7.68. The van der Waals surface area contributed by atoms with E-state index in [2.05, 4.69) is 4.98 Å². The van der Waals surface area contributed by atoms with Crippen LogP contribution in [0.3, 0.4) is 0 Å². The predicted octanol–water partition coefficient (Wildman–Crippen LogP) is 1.48. The SMILES string of the molecule is O=[N+]([O-])c1cnc(Cl)cc1N1CCOCC1. The second kappa shape index (κ2) is 4.63. The zero-order valence-electron chi connectivity index (χ0n) is 8.43. The molecule has 1 aliphatic heterocycles. The third-order valence-electron chi connectivity index (χ3n) is 2.38. The van der Waals surface area contributed by atoms with Crippen LogP contribution in [-0.4, -0.2) is 36.2 Å². The Morgan fingerprint density at radius 1 is 1.50 bits per heavy atom. The monoisotopic (exact) mass is 243 g/mol. The van der Waals surface area contributed by atoms with E-state index < -0.39 is 4.92 Å². The lowest BCUT2D eigenvalue weighted by Crippen LogP contribution is -2.36. The average Bonchev–Trinajstić information content (AvgIpc) is 2.29. The number of ether oxygens (including phenoxy) is 1. The second-order valence-corrected chi connectivity index (χ2v) is 3.74. The van der Waals surface area contributed by atoms with Crippen LogP contribution in [0.25, 0.3) is 0 Å². The van der Waals surface area contributed by atoms with Crippen molar-refractivity contribution in [3.8, 4) is 0 Å². The quantitative estimate of drug-likeness (QED) is 0.447. The lowest BCUT2D eigenvalue weighted by atomic mass is 10.3. The van der Waals surface area contributed by atoms with E-state index in [1.54, 1.807) is 0 Å². The first-order valence-electron chi connectivity index (χ1n) is 4.81. The van der Waals surface area contributed by atoms with E-state index in [1.165, 1.54) is 12.3 Å². The minimum Gasteiger partial charge on any atom is -0.378 e. The first kappa shape index (κ1) is 11.1. The van der Waals surface area contributed by atoms with Gasteiger partial charge in [0.1, 0.15) is 17.0 Å². The minimum atomic E-state index is -0.450. The van der Waals surface area contributed by atoms with Crippen LogP contribution in [0.5, 0.6) is 0 Å². The molecule has 0 spiro atoms. The number of rotatable bonds is 2. The van der Waals surface area contributed by atoms with Gasteiger partial charge in [-0.25, -0.2) is 4.98 Å². The van der Waals surface area contributed by atoms with Gasteiger partial charge in [0.2, 0.25) is 0 Å². The van der Waals surface area contributed by atoms with Gasteiger partial charge in [-0.15, -0.1) is 0 Å². The Labute approximate surface area is 96.9 Å². The number of aromatic nitrogens is 1. The largest absolute Gasteiger partial charge is 0.378 e. The molecule has 1 fully saturated rings. The molecule has 0 bridgehead atoms. The van der Waals surface area contributed by atoms with Crippen LogP contribution in [-0.2, 0) is 4.74 Å². The molecule has 0 saturated carbocycles. The zero-order valence-corrected chi connectivity index (χ0v) is 9.18. The summed E-state index contributed by atoms with van der Waals surface area (Å²) in [6.45, 7) is 2.39. The van der Waals surface area contributed by atoms with Gasteiger partial charge in [0.15, 0.2) is 0 Å². The third-order valence-corrected chi connectivity index (χ3v) is 2.58. The molecular formula is C9H10ClN3O3. The van der Waals surface area contributed by atoms with Gasteiger partial charge in [0.25, 0.3) is 0 Å². The molecule has 0 aromatic carbocycles. The molecule has 0 aliphatic carbocycles. The maximum atomic E-state index is 10.8. The summed E-state index contributed by atoms with van der Waals surface area (Å²) in [7, 11) is 0. The van der Waals surface area contributed by atoms with Crippen LogP contribution >= 0.6 is 11.6 Å². The Balaban J connectivity index is 2.36. The number of nitrogens with zero attached hydrogens (tertiary/aromatic N) is 3. The van der Waals surface area contributed by atoms with Crippen molar-refractivity contribution in [3.63, 3.8) is 0 Å². The van der Waals surface area contributed by atoms with Gasteiger partial charge in [0.05, 0.1) is 18.1 Å². The molecule has 7 heteroatoms. The summed E-state index contributed by atoms with van der Waals surface area (Å²) >= 11 is 5.75. The summed E-state index contributed by atoms with van der Waals surface area (Å²) in [5, 5.41) is 11.1. The first-order valence-corrected chi connectivity index (χ1v) is 5.19. The van der Waals surface area contributed by atoms with Gasteiger partial charge < -0.3 is 9.64 Å². The molecule has 0 radical (unpaired) electrons. The fraction of sp³-hybridized carbons (Fsp3) is 0.444. The van der Waals surface area contributed by atoms with E-state index >= 15 is 0 Å². The summed E-state index contributed by atoms with van der Waals surface area (Å²) in [5.74, 6) is 0. The molecule has 0 amide bonds. The number of hydrogen-bond acceptors (Lipinski definition) is 5. The molecular weight excluding hydrogens is 234 g/mol. The predicted molar refractivity (Wildman–Crippen MR) is 58.9 cm³/mol. The van der Waals surface area contributed by atoms with Crippen LogP contribution in [0, 0.1) is 10.1 Å². The van der Waals surface area contributed by atoms with Crippen molar-refractivity contribution in [2.24, 2.45) is 0 Å². The molecule has 0 N–H and O–H groups in total. The lowest BCUT2D eigenvalue weighted by molar-refractivity contribution is -0.384. The molecule has 1 saturated heterocycles. The van der Waals surface area contributed by atoms with Crippen molar-refractivity contribution in [2.75, 3.05) is 31.2 Å². The Bertz CT molecular complexity index is 407. The number of hydrogen-bond donors (Lipinski definition) is 0. The maximum Gasteiger partial charge on any atom is 0.310 e. The van der Waals surface area contributed by atoms with Gasteiger partial charge in [0, 0.05) is 19.2 Å². The molecule has 2 rings (SSSR count). The molecule has 2 heterocycles. The average molecular weight is 244 g/mol. The summed E-state index contributed by atoms with van der Waals surface area (Å²) in [6.07, 6.45) is 1.19. The number of anilines is 1. The highest BCUT2D eigenvalue weighted by Crippen LogP contribution is 2.29. The number of nitro groups is 1. The van der Waals surface area contributed by atoms with Crippen LogP contribution < -0.4 is 4.90 Å². The van der Waals surface area contributed by atoms with E-state index in [0.717, 1.165) is 0 Å². The normalized spacial score (nSPS) is 16.2. The van der Waals surface area contributed by atoms with Crippen molar-refractivity contribution in [3.05, 3.63) is 27.5 Å². The van der Waals surface area contributed by atoms with E-state index in [-0.39, 0.29) is 10.8 Å². The zero-order chi connectivity index (χ0) is 11.5. The van der Waals surface area contributed by atoms with Crippen molar-refractivity contribution in [2.45, 2.75) is 0 Å². The fourth-order valence-electron chi connectivity index (χ4n) is 1.61. The number of morpholine rings is 1. The van der Waals surface area contributed by atoms with Crippen LogP contribution in [0.4, 0.5) is 11.4 Å². The highest BCUT2D eigenvalue weighted by Gasteiger charge is 2.22. The summed E-state index contributed by atoms with van der Waals surface area (Å²) < 4.78 is 5.19. The van der Waals surface area contributed by atoms with Crippen molar-refractivity contribution >= 4 is 23.0 Å². The minimum absolute atomic E-state index is 0.0219. The molecule has 6 nitrogen and oxygen atoms in total. The van der Waals surface area contributed by atoms with Gasteiger partial charge in [-0.2, -0.15) is 0 Å². The van der Waals surface area contributed by atoms with Crippen LogP contribution in [0.2, 0.25) is 5.15 Å². The third kappa shape index (κ3) is 2.23. The smallest absolute Gasteiger partial charge is 0.310 e. The summed E-state index contributed by atoms with van der Waals surface area (Å²) in [5.41, 5.74) is 0.486. The van der Waals surface area contributed by atoms with Gasteiger partial charge >= 0.3 is 5.69 Å². The van der Waals surface area contributed by atoms with Gasteiger partial charge in [-0.1, -0.05) is 11.6 Å². The maximum absolute atomic E-state index is 10.8. The Kier molecular flexibility index (Phi) is 3.21. The number of pyridine rings is 1.